The van der Waals surface area contributed by atoms with Gasteiger partial charge in [-0.1, -0.05) is 17.7 Å². The fraction of sp³-hybridized carbons (Fsp3) is 0.571. The molecule has 0 unspecified atom stereocenters. The molecule has 0 aliphatic carbocycles. The van der Waals surface area contributed by atoms with Crippen molar-refractivity contribution in [2.75, 3.05) is 13.1 Å². The van der Waals surface area contributed by atoms with Gasteiger partial charge in [0.05, 0.1) is 0 Å². The van der Waals surface area contributed by atoms with Crippen molar-refractivity contribution in [2.24, 2.45) is 5.73 Å². The van der Waals surface area contributed by atoms with E-state index in [0.717, 1.165) is 19.5 Å². The number of halogens is 1. The summed E-state index contributed by atoms with van der Waals surface area (Å²) >= 11 is 5.27. The van der Waals surface area contributed by atoms with Crippen molar-refractivity contribution in [3.8, 4) is 0 Å². The first-order chi connectivity index (χ1) is 5.27. The van der Waals surface area contributed by atoms with Gasteiger partial charge in [-0.15, -0.1) is 0 Å². The average molecular weight is 177 g/mol. The SMILES string of the molecule is NC(=O)CCCNC/C=C/Cl. The summed E-state index contributed by atoms with van der Waals surface area (Å²) in [5.41, 5.74) is 6.39. The smallest absolute Gasteiger partial charge is 0.217 e. The molecule has 0 atom stereocenters. The third-order valence-corrected chi connectivity index (χ3v) is 1.31. The van der Waals surface area contributed by atoms with E-state index in [0.29, 0.717) is 6.42 Å². The number of rotatable bonds is 6. The molecule has 0 saturated heterocycles. The molecular weight excluding hydrogens is 164 g/mol. The molecule has 0 radical (unpaired) electrons. The van der Waals surface area contributed by atoms with Gasteiger partial charge < -0.3 is 11.1 Å². The predicted octanol–water partition coefficient (Wildman–Crippen LogP) is 0.594. The molecule has 4 heteroatoms. The summed E-state index contributed by atoms with van der Waals surface area (Å²) in [6, 6.07) is 0. The lowest BCUT2D eigenvalue weighted by molar-refractivity contribution is -0.118. The number of amides is 1. The van der Waals surface area contributed by atoms with E-state index in [2.05, 4.69) is 5.32 Å². The fourth-order valence-electron chi connectivity index (χ4n) is 0.618. The van der Waals surface area contributed by atoms with Crippen LogP contribution in [0.15, 0.2) is 11.6 Å². The minimum absolute atomic E-state index is 0.250. The highest BCUT2D eigenvalue weighted by molar-refractivity contribution is 6.25. The highest BCUT2D eigenvalue weighted by atomic mass is 35.5. The Labute approximate surface area is 71.6 Å². The van der Waals surface area contributed by atoms with E-state index < -0.39 is 0 Å². The van der Waals surface area contributed by atoms with Gasteiger partial charge in [0.1, 0.15) is 0 Å². The van der Waals surface area contributed by atoms with Gasteiger partial charge in [-0.05, 0) is 13.0 Å². The van der Waals surface area contributed by atoms with E-state index in [1.165, 1.54) is 5.54 Å². The van der Waals surface area contributed by atoms with Crippen molar-refractivity contribution in [3.63, 3.8) is 0 Å². The van der Waals surface area contributed by atoms with Gasteiger partial charge in [-0.2, -0.15) is 0 Å². The lowest BCUT2D eigenvalue weighted by Gasteiger charge is -1.97. The minimum atomic E-state index is -0.250. The largest absolute Gasteiger partial charge is 0.370 e. The molecule has 1 amide bonds. The number of primary amides is 1. The van der Waals surface area contributed by atoms with Crippen LogP contribution in [0.3, 0.4) is 0 Å². The summed E-state index contributed by atoms with van der Waals surface area (Å²) in [6.07, 6.45) is 3.02. The van der Waals surface area contributed by atoms with E-state index in [4.69, 9.17) is 17.3 Å². The number of carbonyl (C=O) groups excluding carboxylic acids is 1. The first-order valence-corrected chi connectivity index (χ1v) is 3.95. The van der Waals surface area contributed by atoms with Gasteiger partial charge in [-0.25, -0.2) is 0 Å². The van der Waals surface area contributed by atoms with Gasteiger partial charge >= 0.3 is 0 Å². The molecule has 0 spiro atoms. The molecule has 0 aromatic heterocycles. The third kappa shape index (κ3) is 9.46. The highest BCUT2D eigenvalue weighted by Gasteiger charge is 1.91. The first kappa shape index (κ1) is 10.5. The second kappa shape index (κ2) is 7.57. The summed E-state index contributed by atoms with van der Waals surface area (Å²) in [4.78, 5) is 10.2. The van der Waals surface area contributed by atoms with Gasteiger partial charge in [0.2, 0.25) is 5.91 Å². The van der Waals surface area contributed by atoms with Crippen LogP contribution in [-0.4, -0.2) is 19.0 Å². The maximum atomic E-state index is 10.2. The van der Waals surface area contributed by atoms with Crippen LogP contribution >= 0.6 is 11.6 Å². The second-order valence-corrected chi connectivity index (χ2v) is 2.39. The second-order valence-electron chi connectivity index (χ2n) is 2.14. The Bertz CT molecular complexity index is 136. The maximum absolute atomic E-state index is 10.2. The number of nitrogens with one attached hydrogen (secondary N) is 1. The van der Waals surface area contributed by atoms with Gasteiger partial charge in [0.25, 0.3) is 0 Å². The zero-order chi connectivity index (χ0) is 8.53. The summed E-state index contributed by atoms with van der Waals surface area (Å²) in [7, 11) is 0. The molecule has 0 aliphatic heterocycles. The van der Waals surface area contributed by atoms with Crippen LogP contribution in [0.1, 0.15) is 12.8 Å². The van der Waals surface area contributed by atoms with Crippen LogP contribution in [0.4, 0.5) is 0 Å². The summed E-state index contributed by atoms with van der Waals surface area (Å²) < 4.78 is 0. The minimum Gasteiger partial charge on any atom is -0.370 e. The Morgan fingerprint density at radius 1 is 1.64 bits per heavy atom. The van der Waals surface area contributed by atoms with E-state index in [1.807, 2.05) is 0 Å². The first-order valence-electron chi connectivity index (χ1n) is 3.51. The number of hydrogen-bond acceptors (Lipinski definition) is 2. The summed E-state index contributed by atoms with van der Waals surface area (Å²) in [5.74, 6) is -0.250. The lowest BCUT2D eigenvalue weighted by atomic mass is 10.3. The Morgan fingerprint density at radius 3 is 2.91 bits per heavy atom. The summed E-state index contributed by atoms with van der Waals surface area (Å²) in [5, 5.41) is 3.06. The van der Waals surface area contributed by atoms with Crippen LogP contribution in [0.2, 0.25) is 0 Å². The molecule has 0 heterocycles. The molecule has 0 bridgehead atoms. The Morgan fingerprint density at radius 2 is 2.36 bits per heavy atom. The highest BCUT2D eigenvalue weighted by Crippen LogP contribution is 1.84. The van der Waals surface area contributed by atoms with Crippen LogP contribution in [-0.2, 0) is 4.79 Å². The number of nitrogens with two attached hydrogens (primary N) is 1. The molecule has 0 aromatic carbocycles. The van der Waals surface area contributed by atoms with E-state index in [9.17, 15) is 4.79 Å². The average Bonchev–Trinajstić information content (AvgIpc) is 1.96. The number of carbonyl (C=O) groups is 1. The topological polar surface area (TPSA) is 55.1 Å². The van der Waals surface area contributed by atoms with Crippen molar-refractivity contribution in [3.05, 3.63) is 11.6 Å². The molecule has 0 aromatic rings. The molecule has 0 rings (SSSR count). The van der Waals surface area contributed by atoms with Gasteiger partial charge in [-0.3, -0.25) is 4.79 Å². The molecule has 11 heavy (non-hydrogen) atoms. The Hall–Kier alpha value is -0.540. The Balaban J connectivity index is 2.96. The van der Waals surface area contributed by atoms with E-state index >= 15 is 0 Å². The van der Waals surface area contributed by atoms with Crippen LogP contribution in [0.25, 0.3) is 0 Å². The molecule has 0 saturated carbocycles. The normalized spacial score (nSPS) is 10.6. The monoisotopic (exact) mass is 176 g/mol. The van der Waals surface area contributed by atoms with Crippen LogP contribution in [0, 0.1) is 0 Å². The van der Waals surface area contributed by atoms with Crippen LogP contribution in [0.5, 0.6) is 0 Å². The fourth-order valence-corrected chi connectivity index (χ4v) is 0.707. The maximum Gasteiger partial charge on any atom is 0.217 e. The quantitative estimate of drug-likeness (QED) is 0.583. The van der Waals surface area contributed by atoms with Crippen molar-refractivity contribution in [1.82, 2.24) is 5.32 Å². The van der Waals surface area contributed by atoms with Gasteiger partial charge in [0.15, 0.2) is 0 Å². The Kier molecular flexibility index (Phi) is 7.19. The standard InChI is InChI=1S/C7H13ClN2O/c8-4-2-6-10-5-1-3-7(9)11/h2,4,10H,1,3,5-6H2,(H2,9,11)/b4-2+. The van der Waals surface area contributed by atoms with Crippen LogP contribution < -0.4 is 11.1 Å². The van der Waals surface area contributed by atoms with Crippen molar-refractivity contribution >= 4 is 17.5 Å². The van der Waals surface area contributed by atoms with E-state index in [1.54, 1.807) is 6.08 Å². The van der Waals surface area contributed by atoms with E-state index in [-0.39, 0.29) is 5.91 Å². The molecule has 64 valence electrons. The molecule has 0 aliphatic rings. The molecule has 3 N–H and O–H groups in total. The lowest BCUT2D eigenvalue weighted by Crippen LogP contribution is -2.18. The zero-order valence-electron chi connectivity index (χ0n) is 6.35. The molecule has 3 nitrogen and oxygen atoms in total. The zero-order valence-corrected chi connectivity index (χ0v) is 7.10. The molecule has 0 fully saturated rings. The predicted molar refractivity (Wildman–Crippen MR) is 46.3 cm³/mol. The van der Waals surface area contributed by atoms with Gasteiger partial charge in [0, 0.05) is 18.5 Å². The van der Waals surface area contributed by atoms with Crippen molar-refractivity contribution < 1.29 is 4.79 Å². The van der Waals surface area contributed by atoms with Crippen molar-refractivity contribution in [1.29, 1.82) is 0 Å². The van der Waals surface area contributed by atoms with Crippen molar-refractivity contribution in [2.45, 2.75) is 12.8 Å². The summed E-state index contributed by atoms with van der Waals surface area (Å²) in [6.45, 7) is 1.53. The molecular formula is C7H13ClN2O. The number of hydrogen-bond donors (Lipinski definition) is 2. The third-order valence-electron chi connectivity index (χ3n) is 1.13.